The van der Waals surface area contributed by atoms with Gasteiger partial charge in [0.25, 0.3) is 0 Å². The van der Waals surface area contributed by atoms with Gasteiger partial charge in [-0.05, 0) is 12.8 Å². The molecule has 0 amide bonds. The Morgan fingerprint density at radius 2 is 2.25 bits per heavy atom. The van der Waals surface area contributed by atoms with Crippen molar-refractivity contribution in [3.8, 4) is 0 Å². The Morgan fingerprint density at radius 1 is 1.56 bits per heavy atom. The standard InChI is InChI=1S/C12H18N2OS/c1-12(2,3)10(15)8-16-11-13-6-7-14(11)9-4-5-9/h6-7,9H,4-5,8H2,1-3H3. The van der Waals surface area contributed by atoms with Gasteiger partial charge in [-0.15, -0.1) is 0 Å². The second-order valence-electron chi connectivity index (χ2n) is 5.31. The van der Waals surface area contributed by atoms with Crippen LogP contribution in [-0.2, 0) is 4.79 Å². The second kappa shape index (κ2) is 4.24. The van der Waals surface area contributed by atoms with Gasteiger partial charge in [-0.1, -0.05) is 32.5 Å². The van der Waals surface area contributed by atoms with Gasteiger partial charge in [-0.2, -0.15) is 0 Å². The van der Waals surface area contributed by atoms with Gasteiger partial charge in [0, 0.05) is 23.9 Å². The summed E-state index contributed by atoms with van der Waals surface area (Å²) in [5.74, 6) is 0.801. The Labute approximate surface area is 101 Å². The number of hydrogen-bond donors (Lipinski definition) is 0. The molecule has 0 atom stereocenters. The summed E-state index contributed by atoms with van der Waals surface area (Å²) in [5.41, 5.74) is -0.246. The zero-order chi connectivity index (χ0) is 11.8. The van der Waals surface area contributed by atoms with E-state index < -0.39 is 0 Å². The van der Waals surface area contributed by atoms with Gasteiger partial charge >= 0.3 is 0 Å². The summed E-state index contributed by atoms with van der Waals surface area (Å²) in [6.07, 6.45) is 6.33. The van der Waals surface area contributed by atoms with Crippen molar-refractivity contribution in [2.45, 2.75) is 44.8 Å². The number of carbonyl (C=O) groups is 1. The van der Waals surface area contributed by atoms with Gasteiger partial charge < -0.3 is 4.57 Å². The minimum absolute atomic E-state index is 0.246. The van der Waals surface area contributed by atoms with E-state index in [-0.39, 0.29) is 11.2 Å². The highest BCUT2D eigenvalue weighted by atomic mass is 32.2. The molecule has 0 saturated heterocycles. The lowest BCUT2D eigenvalue weighted by Gasteiger charge is -2.15. The monoisotopic (exact) mass is 238 g/mol. The lowest BCUT2D eigenvalue weighted by molar-refractivity contribution is -0.123. The molecule has 2 rings (SSSR count). The van der Waals surface area contributed by atoms with Crippen molar-refractivity contribution in [3.05, 3.63) is 12.4 Å². The lowest BCUT2D eigenvalue weighted by atomic mass is 9.92. The van der Waals surface area contributed by atoms with Crippen LogP contribution in [0.5, 0.6) is 0 Å². The first-order valence-corrected chi connectivity index (χ1v) is 6.66. The SMILES string of the molecule is CC(C)(C)C(=O)CSc1nccn1C1CC1. The van der Waals surface area contributed by atoms with Gasteiger partial charge in [0.15, 0.2) is 5.16 Å². The molecule has 0 aromatic carbocycles. The van der Waals surface area contributed by atoms with Crippen molar-refractivity contribution in [1.82, 2.24) is 9.55 Å². The van der Waals surface area contributed by atoms with E-state index in [9.17, 15) is 4.79 Å². The first-order valence-electron chi connectivity index (χ1n) is 5.67. The summed E-state index contributed by atoms with van der Waals surface area (Å²) >= 11 is 1.56. The van der Waals surface area contributed by atoms with Crippen LogP contribution in [0, 0.1) is 5.41 Å². The number of thioether (sulfide) groups is 1. The van der Waals surface area contributed by atoms with E-state index in [1.165, 1.54) is 12.8 Å². The quantitative estimate of drug-likeness (QED) is 0.756. The Balaban J connectivity index is 1.94. The minimum Gasteiger partial charge on any atom is -0.323 e. The first kappa shape index (κ1) is 11.7. The molecule has 1 aliphatic carbocycles. The van der Waals surface area contributed by atoms with Crippen LogP contribution in [-0.4, -0.2) is 21.1 Å². The minimum atomic E-state index is -0.246. The number of Topliss-reactive ketones (excluding diaryl/α,β-unsaturated/α-hetero) is 1. The van der Waals surface area contributed by atoms with E-state index in [4.69, 9.17) is 0 Å². The predicted molar refractivity (Wildman–Crippen MR) is 65.7 cm³/mol. The van der Waals surface area contributed by atoms with Crippen molar-refractivity contribution in [2.24, 2.45) is 5.41 Å². The molecule has 0 bridgehead atoms. The molecule has 1 saturated carbocycles. The molecule has 1 aromatic rings. The van der Waals surface area contributed by atoms with E-state index in [0.29, 0.717) is 11.8 Å². The molecular weight excluding hydrogens is 220 g/mol. The number of aromatic nitrogens is 2. The Bertz CT molecular complexity index is 388. The van der Waals surface area contributed by atoms with Gasteiger partial charge in [-0.25, -0.2) is 4.98 Å². The van der Waals surface area contributed by atoms with Gasteiger partial charge in [-0.3, -0.25) is 4.79 Å². The van der Waals surface area contributed by atoms with E-state index in [1.54, 1.807) is 11.8 Å². The highest BCUT2D eigenvalue weighted by Gasteiger charge is 2.27. The number of nitrogens with zero attached hydrogens (tertiary/aromatic N) is 2. The molecule has 4 heteroatoms. The Morgan fingerprint density at radius 3 is 2.81 bits per heavy atom. The fourth-order valence-corrected chi connectivity index (χ4v) is 2.58. The van der Waals surface area contributed by atoms with Crippen molar-refractivity contribution >= 4 is 17.5 Å². The summed E-state index contributed by atoms with van der Waals surface area (Å²) in [5, 5.41) is 0.986. The van der Waals surface area contributed by atoms with Crippen LogP contribution in [0.3, 0.4) is 0 Å². The average molecular weight is 238 g/mol. The highest BCUT2D eigenvalue weighted by Crippen LogP contribution is 2.37. The summed E-state index contributed by atoms with van der Waals surface area (Å²) in [6.45, 7) is 5.88. The van der Waals surface area contributed by atoms with Crippen molar-refractivity contribution < 1.29 is 4.79 Å². The number of carbonyl (C=O) groups excluding carboxylic acids is 1. The summed E-state index contributed by atoms with van der Waals surface area (Å²) in [7, 11) is 0. The zero-order valence-corrected chi connectivity index (χ0v) is 10.9. The normalized spacial score (nSPS) is 16.4. The number of rotatable bonds is 4. The first-order chi connectivity index (χ1) is 7.48. The molecule has 0 spiro atoms. The molecule has 3 nitrogen and oxygen atoms in total. The molecule has 88 valence electrons. The summed E-state index contributed by atoms with van der Waals surface area (Å²) < 4.78 is 2.20. The third kappa shape index (κ3) is 2.67. The lowest BCUT2D eigenvalue weighted by Crippen LogP contribution is -2.22. The molecule has 1 heterocycles. The van der Waals surface area contributed by atoms with Crippen molar-refractivity contribution in [2.75, 3.05) is 5.75 Å². The van der Waals surface area contributed by atoms with Crippen LogP contribution < -0.4 is 0 Å². The van der Waals surface area contributed by atoms with E-state index >= 15 is 0 Å². The third-order valence-electron chi connectivity index (χ3n) is 2.74. The summed E-state index contributed by atoms with van der Waals surface area (Å²) in [4.78, 5) is 16.1. The van der Waals surface area contributed by atoms with E-state index in [2.05, 4.69) is 9.55 Å². The fraction of sp³-hybridized carbons (Fsp3) is 0.667. The number of hydrogen-bond acceptors (Lipinski definition) is 3. The zero-order valence-electron chi connectivity index (χ0n) is 10.1. The predicted octanol–water partition coefficient (Wildman–Crippen LogP) is 2.93. The highest BCUT2D eigenvalue weighted by molar-refractivity contribution is 7.99. The molecular formula is C12H18N2OS. The van der Waals surface area contributed by atoms with Crippen molar-refractivity contribution in [3.63, 3.8) is 0 Å². The van der Waals surface area contributed by atoms with E-state index in [0.717, 1.165) is 5.16 Å². The maximum Gasteiger partial charge on any atom is 0.168 e. The fourth-order valence-electron chi connectivity index (χ4n) is 1.39. The molecule has 1 aromatic heterocycles. The van der Waals surface area contributed by atoms with Crippen LogP contribution in [0.4, 0.5) is 0 Å². The average Bonchev–Trinajstić information content (AvgIpc) is 2.93. The molecule has 0 N–H and O–H groups in total. The largest absolute Gasteiger partial charge is 0.323 e. The van der Waals surface area contributed by atoms with Gasteiger partial charge in [0.2, 0.25) is 0 Å². The third-order valence-corrected chi connectivity index (χ3v) is 3.72. The smallest absolute Gasteiger partial charge is 0.168 e. The van der Waals surface area contributed by atoms with Gasteiger partial charge in [0.1, 0.15) is 5.78 Å². The molecule has 0 unspecified atom stereocenters. The van der Waals surface area contributed by atoms with Gasteiger partial charge in [0.05, 0.1) is 5.75 Å². The van der Waals surface area contributed by atoms with Crippen LogP contribution in [0.1, 0.15) is 39.7 Å². The molecule has 1 aliphatic rings. The topological polar surface area (TPSA) is 34.9 Å². The maximum atomic E-state index is 11.8. The molecule has 0 radical (unpaired) electrons. The van der Waals surface area contributed by atoms with Crippen LogP contribution in [0.2, 0.25) is 0 Å². The molecule has 0 aliphatic heterocycles. The maximum absolute atomic E-state index is 11.8. The second-order valence-corrected chi connectivity index (χ2v) is 6.25. The Kier molecular flexibility index (Phi) is 3.10. The van der Waals surface area contributed by atoms with Crippen molar-refractivity contribution in [1.29, 1.82) is 0 Å². The van der Waals surface area contributed by atoms with Crippen LogP contribution >= 0.6 is 11.8 Å². The molecule has 16 heavy (non-hydrogen) atoms. The van der Waals surface area contributed by atoms with Crippen LogP contribution in [0.15, 0.2) is 17.6 Å². The summed E-state index contributed by atoms with van der Waals surface area (Å²) in [6, 6.07) is 0.634. The van der Waals surface area contributed by atoms with Crippen LogP contribution in [0.25, 0.3) is 0 Å². The van der Waals surface area contributed by atoms with E-state index in [1.807, 2.05) is 33.2 Å². The molecule has 1 fully saturated rings. The Hall–Kier alpha value is -0.770. The number of imidazole rings is 1. The number of ketones is 1.